The van der Waals surface area contributed by atoms with Gasteiger partial charge < -0.3 is 10.2 Å². The molecular formula is C20H21ClN2S. The van der Waals surface area contributed by atoms with Crippen LogP contribution in [-0.2, 0) is 0 Å². The number of hydrogen-bond donors (Lipinski definition) is 1. The highest BCUT2D eigenvalue weighted by atomic mass is 35.5. The Morgan fingerprint density at radius 1 is 1.17 bits per heavy atom. The molecule has 2 aromatic rings. The average Bonchev–Trinajstić information content (AvgIpc) is 2.77. The first-order valence-electron chi connectivity index (χ1n) is 8.85. The Hall–Kier alpha value is -1.16. The predicted octanol–water partition coefficient (Wildman–Crippen LogP) is 4.77. The van der Waals surface area contributed by atoms with Gasteiger partial charge in [0.1, 0.15) is 0 Å². The molecule has 124 valence electrons. The van der Waals surface area contributed by atoms with Crippen LogP contribution in [0.2, 0.25) is 5.02 Å². The molecule has 1 N–H and O–H groups in total. The lowest BCUT2D eigenvalue weighted by Gasteiger charge is -2.33. The maximum atomic E-state index is 6.23. The lowest BCUT2D eigenvalue weighted by atomic mass is 9.88. The van der Waals surface area contributed by atoms with Crippen LogP contribution in [-0.4, -0.2) is 31.4 Å². The standard InChI is InChI=1S/C20H21ClN2S/c21-15-4-1-3-13(9-15)14-10-16-17-12-22-6-5-18(17)23-7-2-8-24-19(11-14)20(16)23/h1,3-4,9-11,17-18,22H,2,5-8,12H2. The largest absolute Gasteiger partial charge is 0.367 e. The van der Waals surface area contributed by atoms with Crippen LogP contribution in [0.4, 0.5) is 5.69 Å². The fourth-order valence-electron chi connectivity index (χ4n) is 4.56. The second-order valence-electron chi connectivity index (χ2n) is 6.98. The van der Waals surface area contributed by atoms with Crippen LogP contribution in [0.25, 0.3) is 11.1 Å². The zero-order valence-electron chi connectivity index (χ0n) is 13.6. The van der Waals surface area contributed by atoms with Gasteiger partial charge in [-0.05, 0) is 66.1 Å². The molecular weight excluding hydrogens is 336 g/mol. The van der Waals surface area contributed by atoms with Gasteiger partial charge in [0.05, 0.1) is 5.69 Å². The van der Waals surface area contributed by atoms with Crippen LogP contribution in [0.15, 0.2) is 41.3 Å². The second-order valence-corrected chi connectivity index (χ2v) is 8.56. The quantitative estimate of drug-likeness (QED) is 0.792. The normalized spacial score (nSPS) is 25.1. The van der Waals surface area contributed by atoms with Gasteiger partial charge >= 0.3 is 0 Å². The van der Waals surface area contributed by atoms with E-state index in [4.69, 9.17) is 11.6 Å². The summed E-state index contributed by atoms with van der Waals surface area (Å²) in [4.78, 5) is 4.19. The van der Waals surface area contributed by atoms with Gasteiger partial charge in [0, 0.05) is 35.0 Å². The molecule has 2 aromatic carbocycles. The summed E-state index contributed by atoms with van der Waals surface area (Å²) in [6.07, 6.45) is 2.54. The van der Waals surface area contributed by atoms with Crippen molar-refractivity contribution in [2.75, 3.05) is 30.3 Å². The smallest absolute Gasteiger partial charge is 0.0544 e. The van der Waals surface area contributed by atoms with Gasteiger partial charge in [0.25, 0.3) is 0 Å². The summed E-state index contributed by atoms with van der Waals surface area (Å²) in [6, 6.07) is 13.8. The molecule has 1 fully saturated rings. The van der Waals surface area contributed by atoms with Gasteiger partial charge in [-0.1, -0.05) is 23.7 Å². The molecule has 0 spiro atoms. The minimum absolute atomic E-state index is 0.630. The van der Waals surface area contributed by atoms with Crippen LogP contribution < -0.4 is 10.2 Å². The predicted molar refractivity (Wildman–Crippen MR) is 104 cm³/mol. The third-order valence-electron chi connectivity index (χ3n) is 5.60. The number of fused-ring (bicyclic) bond motifs is 3. The molecule has 3 aliphatic rings. The maximum Gasteiger partial charge on any atom is 0.0544 e. The van der Waals surface area contributed by atoms with E-state index in [1.165, 1.54) is 46.8 Å². The van der Waals surface area contributed by atoms with Gasteiger partial charge in [0.15, 0.2) is 0 Å². The lowest BCUT2D eigenvalue weighted by Crippen LogP contribution is -2.44. The number of piperidine rings is 1. The van der Waals surface area contributed by atoms with Crippen molar-refractivity contribution < 1.29 is 0 Å². The van der Waals surface area contributed by atoms with Crippen molar-refractivity contribution in [2.24, 2.45) is 0 Å². The number of hydrogen-bond acceptors (Lipinski definition) is 3. The molecule has 2 atom stereocenters. The fourth-order valence-corrected chi connectivity index (χ4v) is 5.83. The Morgan fingerprint density at radius 3 is 3.04 bits per heavy atom. The molecule has 3 heterocycles. The molecule has 4 heteroatoms. The van der Waals surface area contributed by atoms with Crippen LogP contribution in [0.1, 0.15) is 24.3 Å². The van der Waals surface area contributed by atoms with E-state index >= 15 is 0 Å². The summed E-state index contributed by atoms with van der Waals surface area (Å²) >= 11 is 8.26. The van der Waals surface area contributed by atoms with Crippen molar-refractivity contribution in [2.45, 2.75) is 29.7 Å². The second kappa shape index (κ2) is 5.98. The molecule has 3 aliphatic heterocycles. The molecule has 0 amide bonds. The zero-order chi connectivity index (χ0) is 16.1. The summed E-state index contributed by atoms with van der Waals surface area (Å²) in [6.45, 7) is 3.47. The van der Waals surface area contributed by atoms with Crippen LogP contribution in [0.3, 0.4) is 0 Å². The number of anilines is 1. The number of nitrogens with zero attached hydrogens (tertiary/aromatic N) is 1. The van der Waals surface area contributed by atoms with Crippen molar-refractivity contribution in [3.8, 4) is 11.1 Å². The average molecular weight is 357 g/mol. The lowest BCUT2D eigenvalue weighted by molar-refractivity contribution is 0.403. The van der Waals surface area contributed by atoms with E-state index in [1.54, 1.807) is 5.56 Å². The fraction of sp³-hybridized carbons (Fsp3) is 0.400. The molecule has 2 nitrogen and oxygen atoms in total. The summed E-state index contributed by atoms with van der Waals surface area (Å²) in [5.74, 6) is 1.85. The van der Waals surface area contributed by atoms with Crippen molar-refractivity contribution in [3.05, 3.63) is 47.0 Å². The van der Waals surface area contributed by atoms with E-state index in [0.717, 1.165) is 18.1 Å². The first kappa shape index (κ1) is 15.1. The molecule has 0 saturated carbocycles. The monoisotopic (exact) mass is 356 g/mol. The molecule has 2 unspecified atom stereocenters. The molecule has 5 rings (SSSR count). The summed E-state index contributed by atoms with van der Waals surface area (Å²) < 4.78 is 0. The highest BCUT2D eigenvalue weighted by molar-refractivity contribution is 7.99. The molecule has 1 saturated heterocycles. The van der Waals surface area contributed by atoms with E-state index in [0.29, 0.717) is 12.0 Å². The molecule has 0 aliphatic carbocycles. The Labute approximate surface area is 152 Å². The maximum absolute atomic E-state index is 6.23. The van der Waals surface area contributed by atoms with Crippen LogP contribution in [0.5, 0.6) is 0 Å². The Bertz CT molecular complexity index is 791. The zero-order valence-corrected chi connectivity index (χ0v) is 15.2. The third-order valence-corrected chi connectivity index (χ3v) is 6.95. The molecule has 0 aromatic heterocycles. The van der Waals surface area contributed by atoms with E-state index in [1.807, 2.05) is 23.9 Å². The Morgan fingerprint density at radius 2 is 2.12 bits per heavy atom. The van der Waals surface area contributed by atoms with Gasteiger partial charge in [0.2, 0.25) is 0 Å². The minimum Gasteiger partial charge on any atom is -0.367 e. The highest BCUT2D eigenvalue weighted by Gasteiger charge is 2.41. The van der Waals surface area contributed by atoms with Crippen LogP contribution in [0, 0.1) is 0 Å². The molecule has 0 radical (unpaired) electrons. The SMILES string of the molecule is Clc1cccc(-c2cc3c4c(c2)C2CNCCC2N4CCCS3)c1. The minimum atomic E-state index is 0.630. The Balaban J connectivity index is 1.68. The molecule has 0 bridgehead atoms. The van der Waals surface area contributed by atoms with Gasteiger partial charge in [-0.3, -0.25) is 0 Å². The number of benzene rings is 2. The number of thioether (sulfide) groups is 1. The summed E-state index contributed by atoms with van der Waals surface area (Å²) in [5, 5.41) is 4.42. The number of nitrogens with one attached hydrogen (secondary N) is 1. The van der Waals surface area contributed by atoms with Crippen LogP contribution >= 0.6 is 23.4 Å². The summed E-state index contributed by atoms with van der Waals surface area (Å²) in [7, 11) is 0. The van der Waals surface area contributed by atoms with Crippen molar-refractivity contribution in [1.29, 1.82) is 0 Å². The van der Waals surface area contributed by atoms with Gasteiger partial charge in [-0.15, -0.1) is 11.8 Å². The highest BCUT2D eigenvalue weighted by Crippen LogP contribution is 2.51. The van der Waals surface area contributed by atoms with E-state index in [9.17, 15) is 0 Å². The number of halogens is 1. The Kier molecular flexibility index (Phi) is 3.77. The van der Waals surface area contributed by atoms with Crippen molar-refractivity contribution >= 4 is 29.1 Å². The topological polar surface area (TPSA) is 15.3 Å². The van der Waals surface area contributed by atoms with Gasteiger partial charge in [-0.2, -0.15) is 0 Å². The number of rotatable bonds is 1. The van der Waals surface area contributed by atoms with E-state index in [-0.39, 0.29) is 0 Å². The first-order valence-corrected chi connectivity index (χ1v) is 10.2. The van der Waals surface area contributed by atoms with Crippen molar-refractivity contribution in [1.82, 2.24) is 5.32 Å². The van der Waals surface area contributed by atoms with Crippen molar-refractivity contribution in [3.63, 3.8) is 0 Å². The summed E-state index contributed by atoms with van der Waals surface area (Å²) in [5.41, 5.74) is 5.62. The van der Waals surface area contributed by atoms with Gasteiger partial charge in [-0.25, -0.2) is 0 Å². The first-order chi connectivity index (χ1) is 11.8. The van der Waals surface area contributed by atoms with E-state index < -0.39 is 0 Å². The molecule has 24 heavy (non-hydrogen) atoms. The third kappa shape index (κ3) is 2.37. The van der Waals surface area contributed by atoms with E-state index in [2.05, 4.69) is 34.5 Å².